The van der Waals surface area contributed by atoms with Crippen molar-refractivity contribution in [3.05, 3.63) is 23.8 Å². The summed E-state index contributed by atoms with van der Waals surface area (Å²) in [6.45, 7) is 2.36. The van der Waals surface area contributed by atoms with Crippen LogP contribution in [0.25, 0.3) is 0 Å². The van der Waals surface area contributed by atoms with Gasteiger partial charge < -0.3 is 5.73 Å². The number of nitrogen functional groups attached to an aromatic ring is 1. The maximum atomic E-state index is 12.2. The number of sulfonamides is 1. The highest BCUT2D eigenvalue weighted by Crippen LogP contribution is 2.25. The van der Waals surface area contributed by atoms with E-state index in [2.05, 4.69) is 4.72 Å². The third-order valence-corrected chi connectivity index (χ3v) is 6.16. The first-order valence-corrected chi connectivity index (χ1v) is 8.99. The maximum Gasteiger partial charge on any atom is 0.240 e. The van der Waals surface area contributed by atoms with E-state index in [1.54, 1.807) is 12.1 Å². The number of rotatable bonds is 4. The van der Waals surface area contributed by atoms with Crippen LogP contribution in [-0.2, 0) is 10.0 Å². The predicted octanol–water partition coefficient (Wildman–Crippen LogP) is 2.14. The Morgan fingerprint density at radius 1 is 1.42 bits per heavy atom. The van der Waals surface area contributed by atoms with Gasteiger partial charge >= 0.3 is 0 Å². The van der Waals surface area contributed by atoms with E-state index in [1.807, 2.05) is 18.7 Å². The highest BCUT2D eigenvalue weighted by molar-refractivity contribution is 8.00. The van der Waals surface area contributed by atoms with Gasteiger partial charge in [0.1, 0.15) is 0 Å². The molecule has 1 aliphatic rings. The molecular weight excluding hydrogens is 280 g/mol. The molecule has 1 aliphatic heterocycles. The fourth-order valence-electron chi connectivity index (χ4n) is 2.04. The van der Waals surface area contributed by atoms with E-state index in [1.165, 1.54) is 18.9 Å². The second kappa shape index (κ2) is 6.15. The Labute approximate surface area is 119 Å². The van der Waals surface area contributed by atoms with E-state index >= 15 is 0 Å². The summed E-state index contributed by atoms with van der Waals surface area (Å²) in [4.78, 5) is 0.247. The molecule has 6 heteroatoms. The minimum atomic E-state index is -3.44. The first kappa shape index (κ1) is 14.7. The van der Waals surface area contributed by atoms with Crippen LogP contribution in [-0.4, -0.2) is 26.0 Å². The average Bonchev–Trinajstić information content (AvgIpc) is 2.41. The smallest absolute Gasteiger partial charge is 0.240 e. The van der Waals surface area contributed by atoms with Crippen LogP contribution < -0.4 is 10.5 Å². The molecule has 0 radical (unpaired) electrons. The van der Waals surface area contributed by atoms with E-state index < -0.39 is 10.0 Å². The van der Waals surface area contributed by atoms with E-state index in [-0.39, 0.29) is 4.90 Å². The molecule has 2 rings (SSSR count). The Hall–Kier alpha value is -0.720. The first-order chi connectivity index (χ1) is 8.99. The lowest BCUT2D eigenvalue weighted by molar-refractivity contribution is 0.574. The predicted molar refractivity (Wildman–Crippen MR) is 80.9 cm³/mol. The molecule has 19 heavy (non-hydrogen) atoms. The van der Waals surface area contributed by atoms with Crippen LogP contribution in [0.15, 0.2) is 23.1 Å². The molecule has 0 bridgehead atoms. The summed E-state index contributed by atoms with van der Waals surface area (Å²) >= 11 is 1.85. The van der Waals surface area contributed by atoms with E-state index in [0.717, 1.165) is 17.7 Å². The second-order valence-electron chi connectivity index (χ2n) is 4.86. The summed E-state index contributed by atoms with van der Waals surface area (Å²) in [6.07, 6.45) is 3.52. The Bertz CT molecular complexity index is 538. The van der Waals surface area contributed by atoms with Crippen molar-refractivity contribution in [1.29, 1.82) is 0 Å². The number of nitrogens with two attached hydrogens (primary N) is 1. The van der Waals surface area contributed by atoms with Gasteiger partial charge in [-0.3, -0.25) is 0 Å². The van der Waals surface area contributed by atoms with Crippen molar-refractivity contribution in [2.75, 3.05) is 18.0 Å². The standard InChI is InChI=1S/C13H20N2O2S2/c1-10-5-6-12(8-13(10)14)19(16,17)15-9-11-4-2-3-7-18-11/h5-6,8,11,15H,2-4,7,9,14H2,1H3. The van der Waals surface area contributed by atoms with Crippen molar-refractivity contribution in [3.63, 3.8) is 0 Å². The molecule has 106 valence electrons. The van der Waals surface area contributed by atoms with Crippen molar-refractivity contribution in [2.45, 2.75) is 36.3 Å². The lowest BCUT2D eigenvalue weighted by atomic mass is 10.2. The number of thioether (sulfide) groups is 1. The molecule has 1 atom stereocenters. The van der Waals surface area contributed by atoms with Crippen LogP contribution in [0, 0.1) is 6.92 Å². The average molecular weight is 300 g/mol. The van der Waals surface area contributed by atoms with Gasteiger partial charge in [-0.25, -0.2) is 13.1 Å². The molecular formula is C13H20N2O2S2. The summed E-state index contributed by atoms with van der Waals surface area (Å²) in [6, 6.07) is 4.85. The third-order valence-electron chi connectivity index (χ3n) is 3.34. The third kappa shape index (κ3) is 3.87. The quantitative estimate of drug-likeness (QED) is 0.836. The molecule has 1 fully saturated rings. The Morgan fingerprint density at radius 2 is 2.21 bits per heavy atom. The van der Waals surface area contributed by atoms with Gasteiger partial charge in [0.2, 0.25) is 10.0 Å². The van der Waals surface area contributed by atoms with E-state index in [0.29, 0.717) is 17.5 Å². The molecule has 0 amide bonds. The van der Waals surface area contributed by atoms with Crippen LogP contribution in [0.3, 0.4) is 0 Å². The molecule has 1 heterocycles. The van der Waals surface area contributed by atoms with Gasteiger partial charge in [0.15, 0.2) is 0 Å². The fraction of sp³-hybridized carbons (Fsp3) is 0.538. The summed E-state index contributed by atoms with van der Waals surface area (Å²) in [5.41, 5.74) is 7.16. The summed E-state index contributed by atoms with van der Waals surface area (Å²) in [5.74, 6) is 1.13. The minimum Gasteiger partial charge on any atom is -0.398 e. The summed E-state index contributed by atoms with van der Waals surface area (Å²) < 4.78 is 27.0. The van der Waals surface area contributed by atoms with Crippen molar-refractivity contribution in [2.24, 2.45) is 0 Å². The van der Waals surface area contributed by atoms with Gasteiger partial charge in [-0.05, 0) is 43.2 Å². The number of hydrogen-bond donors (Lipinski definition) is 2. The molecule has 4 nitrogen and oxygen atoms in total. The van der Waals surface area contributed by atoms with Gasteiger partial charge in [-0.2, -0.15) is 11.8 Å². The molecule has 0 saturated carbocycles. The van der Waals surface area contributed by atoms with Crippen LogP contribution in [0.1, 0.15) is 24.8 Å². The van der Waals surface area contributed by atoms with E-state index in [4.69, 9.17) is 5.73 Å². The molecule has 1 aromatic rings. The lowest BCUT2D eigenvalue weighted by Crippen LogP contribution is -2.32. The molecule has 0 aliphatic carbocycles. The van der Waals surface area contributed by atoms with Crippen LogP contribution in [0.2, 0.25) is 0 Å². The Balaban J connectivity index is 2.02. The SMILES string of the molecule is Cc1ccc(S(=O)(=O)NCC2CCCCS2)cc1N. The van der Waals surface area contributed by atoms with Crippen molar-refractivity contribution in [1.82, 2.24) is 4.72 Å². The Morgan fingerprint density at radius 3 is 2.84 bits per heavy atom. The molecule has 1 saturated heterocycles. The molecule has 1 aromatic carbocycles. The number of anilines is 1. The number of benzene rings is 1. The van der Waals surface area contributed by atoms with Gasteiger partial charge in [0.25, 0.3) is 0 Å². The number of hydrogen-bond acceptors (Lipinski definition) is 4. The highest BCUT2D eigenvalue weighted by atomic mass is 32.2. The first-order valence-electron chi connectivity index (χ1n) is 6.46. The molecule has 0 spiro atoms. The van der Waals surface area contributed by atoms with Crippen molar-refractivity contribution < 1.29 is 8.42 Å². The van der Waals surface area contributed by atoms with Crippen molar-refractivity contribution >= 4 is 27.5 Å². The second-order valence-corrected chi connectivity index (χ2v) is 8.03. The molecule has 0 aromatic heterocycles. The molecule has 3 N–H and O–H groups in total. The fourth-order valence-corrected chi connectivity index (χ4v) is 4.50. The molecule has 1 unspecified atom stereocenters. The lowest BCUT2D eigenvalue weighted by Gasteiger charge is -2.21. The highest BCUT2D eigenvalue weighted by Gasteiger charge is 2.19. The van der Waals surface area contributed by atoms with E-state index in [9.17, 15) is 8.42 Å². The van der Waals surface area contributed by atoms with Gasteiger partial charge in [-0.1, -0.05) is 12.5 Å². The monoisotopic (exact) mass is 300 g/mol. The minimum absolute atomic E-state index is 0.247. The van der Waals surface area contributed by atoms with Gasteiger partial charge in [0, 0.05) is 17.5 Å². The topological polar surface area (TPSA) is 72.2 Å². The number of nitrogens with one attached hydrogen (secondary N) is 1. The zero-order chi connectivity index (χ0) is 13.9. The van der Waals surface area contributed by atoms with Crippen LogP contribution in [0.5, 0.6) is 0 Å². The van der Waals surface area contributed by atoms with Gasteiger partial charge in [-0.15, -0.1) is 0 Å². The van der Waals surface area contributed by atoms with Crippen molar-refractivity contribution in [3.8, 4) is 0 Å². The van der Waals surface area contributed by atoms with Gasteiger partial charge in [0.05, 0.1) is 4.90 Å². The normalized spacial score (nSPS) is 20.4. The maximum absolute atomic E-state index is 12.2. The largest absolute Gasteiger partial charge is 0.398 e. The van der Waals surface area contributed by atoms with Crippen LogP contribution >= 0.6 is 11.8 Å². The summed E-state index contributed by atoms with van der Waals surface area (Å²) in [5, 5.41) is 0.395. The van der Waals surface area contributed by atoms with Crippen LogP contribution in [0.4, 0.5) is 5.69 Å². The zero-order valence-electron chi connectivity index (χ0n) is 11.1. The summed E-state index contributed by atoms with van der Waals surface area (Å²) in [7, 11) is -3.44. The Kier molecular flexibility index (Phi) is 4.76. The number of aryl methyl sites for hydroxylation is 1. The zero-order valence-corrected chi connectivity index (χ0v) is 12.7.